The van der Waals surface area contributed by atoms with Gasteiger partial charge < -0.3 is 10.1 Å². The van der Waals surface area contributed by atoms with Gasteiger partial charge in [-0.05, 0) is 43.0 Å². The minimum absolute atomic E-state index is 0.0149. The highest BCUT2D eigenvalue weighted by atomic mass is 35.5. The lowest BCUT2D eigenvalue weighted by Crippen LogP contribution is -2.29. The Morgan fingerprint density at radius 1 is 1.23 bits per heavy atom. The molecular weight excluding hydrogens is 433 g/mol. The Bertz CT molecular complexity index is 1230. The van der Waals surface area contributed by atoms with Crippen molar-refractivity contribution < 1.29 is 22.7 Å². The predicted octanol–water partition coefficient (Wildman–Crippen LogP) is 5.27. The van der Waals surface area contributed by atoms with Crippen molar-refractivity contribution in [3.05, 3.63) is 69.0 Å². The molecule has 1 saturated carbocycles. The van der Waals surface area contributed by atoms with Gasteiger partial charge in [0.05, 0.1) is 34.6 Å². The van der Waals surface area contributed by atoms with Crippen molar-refractivity contribution in [2.75, 3.05) is 19.0 Å². The van der Waals surface area contributed by atoms with Gasteiger partial charge in [-0.3, -0.25) is 9.36 Å². The number of methoxy groups -OCH3 is 1. The van der Waals surface area contributed by atoms with E-state index < -0.39 is 23.3 Å². The Morgan fingerprint density at radius 3 is 2.55 bits per heavy atom. The number of alkyl halides is 3. The van der Waals surface area contributed by atoms with Gasteiger partial charge in [-0.1, -0.05) is 29.8 Å². The highest BCUT2D eigenvalue weighted by Crippen LogP contribution is 2.36. The van der Waals surface area contributed by atoms with E-state index in [1.807, 2.05) is 0 Å². The summed E-state index contributed by atoms with van der Waals surface area (Å²) in [5.74, 6) is -0.494. The molecule has 0 aliphatic heterocycles. The van der Waals surface area contributed by atoms with Gasteiger partial charge in [0.2, 0.25) is 0 Å². The molecule has 0 saturated heterocycles. The number of rotatable bonds is 5. The molecule has 1 aromatic heterocycles. The standard InChI is InChI=1S/C22H18ClF3N2O3/c1-31-21(30)18-19(27-11-12-6-7-12)14-9-8-13(22(24,25)26)10-17(14)28(20(18)29)16-5-3-2-4-15(16)23/h2-5,8-10,12,27H,6-7,11H2,1H3. The molecule has 2 aromatic carbocycles. The molecule has 1 fully saturated rings. The van der Waals surface area contributed by atoms with Crippen molar-refractivity contribution in [1.29, 1.82) is 0 Å². The SMILES string of the molecule is COC(=O)c1c(NCC2CC2)c2ccc(C(F)(F)F)cc2n(-c2ccccc2Cl)c1=O. The zero-order valence-electron chi connectivity index (χ0n) is 16.4. The molecule has 1 aliphatic rings. The third-order valence-corrected chi connectivity index (χ3v) is 5.57. The Balaban J connectivity index is 2.11. The van der Waals surface area contributed by atoms with E-state index in [1.54, 1.807) is 12.1 Å². The first-order valence-corrected chi connectivity index (χ1v) is 9.97. The van der Waals surface area contributed by atoms with E-state index in [1.165, 1.54) is 18.2 Å². The molecule has 0 unspecified atom stereocenters. The van der Waals surface area contributed by atoms with Crippen LogP contribution >= 0.6 is 11.6 Å². The molecule has 0 amide bonds. The van der Waals surface area contributed by atoms with Crippen molar-refractivity contribution in [1.82, 2.24) is 4.57 Å². The molecule has 1 aliphatic carbocycles. The second-order valence-corrected chi connectivity index (χ2v) is 7.79. The number of nitrogens with zero attached hydrogens (tertiary/aromatic N) is 1. The van der Waals surface area contributed by atoms with Crippen molar-refractivity contribution >= 4 is 34.2 Å². The minimum Gasteiger partial charge on any atom is -0.465 e. The summed E-state index contributed by atoms with van der Waals surface area (Å²) in [6.07, 6.45) is -2.60. The number of carbonyl (C=O) groups is 1. The number of halogens is 4. The third-order valence-electron chi connectivity index (χ3n) is 5.25. The van der Waals surface area contributed by atoms with Gasteiger partial charge in [-0.25, -0.2) is 4.79 Å². The molecule has 31 heavy (non-hydrogen) atoms. The number of pyridine rings is 1. The molecular formula is C22H18ClF3N2O3. The largest absolute Gasteiger partial charge is 0.465 e. The highest BCUT2D eigenvalue weighted by Gasteiger charge is 2.33. The molecule has 4 rings (SSSR count). The Hall–Kier alpha value is -3.00. The normalized spacial score (nSPS) is 14.0. The number of nitrogens with one attached hydrogen (secondary N) is 1. The first kappa shape index (κ1) is 21.2. The maximum Gasteiger partial charge on any atom is 0.416 e. The summed E-state index contributed by atoms with van der Waals surface area (Å²) in [4.78, 5) is 26.0. The van der Waals surface area contributed by atoms with Crippen molar-refractivity contribution in [2.24, 2.45) is 5.92 Å². The highest BCUT2D eigenvalue weighted by molar-refractivity contribution is 6.32. The first-order chi connectivity index (χ1) is 14.7. The van der Waals surface area contributed by atoms with E-state index >= 15 is 0 Å². The molecule has 0 spiro atoms. The lowest BCUT2D eigenvalue weighted by Gasteiger charge is -2.20. The molecule has 1 heterocycles. The number of anilines is 1. The van der Waals surface area contributed by atoms with Gasteiger partial charge in [-0.2, -0.15) is 13.2 Å². The van der Waals surface area contributed by atoms with Gasteiger partial charge in [0.15, 0.2) is 0 Å². The van der Waals surface area contributed by atoms with Crippen LogP contribution in [-0.2, 0) is 10.9 Å². The Labute approximate surface area is 180 Å². The number of benzene rings is 2. The lowest BCUT2D eigenvalue weighted by atomic mass is 10.0. The van der Waals surface area contributed by atoms with E-state index in [0.29, 0.717) is 12.5 Å². The average molecular weight is 451 g/mol. The number of hydrogen-bond acceptors (Lipinski definition) is 4. The maximum atomic E-state index is 13.5. The second kappa shape index (κ2) is 7.92. The number of hydrogen-bond donors (Lipinski definition) is 1. The van der Waals surface area contributed by atoms with Gasteiger partial charge >= 0.3 is 12.1 Å². The number of aromatic nitrogens is 1. The Kier molecular flexibility index (Phi) is 5.43. The molecule has 0 bridgehead atoms. The summed E-state index contributed by atoms with van der Waals surface area (Å²) in [6.45, 7) is 0.496. The van der Waals surface area contributed by atoms with Crippen LogP contribution in [0, 0.1) is 5.92 Å². The fourth-order valence-electron chi connectivity index (χ4n) is 3.48. The van der Waals surface area contributed by atoms with E-state index in [2.05, 4.69) is 5.32 Å². The Morgan fingerprint density at radius 2 is 1.94 bits per heavy atom. The summed E-state index contributed by atoms with van der Waals surface area (Å²) in [5, 5.41) is 3.53. The molecule has 3 aromatic rings. The number of carbonyl (C=O) groups excluding carboxylic acids is 1. The van der Waals surface area contributed by atoms with Crippen LogP contribution in [0.4, 0.5) is 18.9 Å². The molecule has 162 valence electrons. The van der Waals surface area contributed by atoms with Crippen LogP contribution in [0.25, 0.3) is 16.6 Å². The topological polar surface area (TPSA) is 60.3 Å². The monoisotopic (exact) mass is 450 g/mol. The number of fused-ring (bicyclic) bond motifs is 1. The van der Waals surface area contributed by atoms with Crippen LogP contribution in [0.1, 0.15) is 28.8 Å². The van der Waals surface area contributed by atoms with Crippen LogP contribution < -0.4 is 10.9 Å². The quantitative estimate of drug-likeness (QED) is 0.538. The van der Waals surface area contributed by atoms with E-state index in [4.69, 9.17) is 16.3 Å². The molecule has 1 N–H and O–H groups in total. The molecule has 0 atom stereocenters. The van der Waals surface area contributed by atoms with Gasteiger partial charge in [0, 0.05) is 11.9 Å². The first-order valence-electron chi connectivity index (χ1n) is 9.59. The number of ether oxygens (including phenoxy) is 1. The maximum absolute atomic E-state index is 13.5. The van der Waals surface area contributed by atoms with Crippen LogP contribution in [0.2, 0.25) is 5.02 Å². The number of para-hydroxylation sites is 1. The summed E-state index contributed by atoms with van der Waals surface area (Å²) in [5.41, 5.74) is -1.70. The third kappa shape index (κ3) is 3.99. The van der Waals surface area contributed by atoms with Crippen molar-refractivity contribution in [3.8, 4) is 5.69 Å². The molecule has 5 nitrogen and oxygen atoms in total. The molecule has 9 heteroatoms. The zero-order chi connectivity index (χ0) is 22.3. The molecule has 0 radical (unpaired) electrons. The van der Waals surface area contributed by atoms with Gasteiger partial charge in [-0.15, -0.1) is 0 Å². The number of esters is 1. The predicted molar refractivity (Wildman–Crippen MR) is 112 cm³/mol. The fraction of sp³-hybridized carbons (Fsp3) is 0.273. The van der Waals surface area contributed by atoms with E-state index in [0.717, 1.165) is 36.7 Å². The van der Waals surface area contributed by atoms with Gasteiger partial charge in [0.1, 0.15) is 5.56 Å². The van der Waals surface area contributed by atoms with Crippen LogP contribution in [-0.4, -0.2) is 24.2 Å². The summed E-state index contributed by atoms with van der Waals surface area (Å²) in [6, 6.07) is 9.32. The average Bonchev–Trinajstić information content (AvgIpc) is 3.56. The second-order valence-electron chi connectivity index (χ2n) is 7.39. The van der Waals surface area contributed by atoms with E-state index in [9.17, 15) is 22.8 Å². The van der Waals surface area contributed by atoms with Crippen LogP contribution in [0.3, 0.4) is 0 Å². The lowest BCUT2D eigenvalue weighted by molar-refractivity contribution is -0.137. The van der Waals surface area contributed by atoms with Gasteiger partial charge in [0.25, 0.3) is 5.56 Å². The summed E-state index contributed by atoms with van der Waals surface area (Å²) in [7, 11) is 1.14. The smallest absolute Gasteiger partial charge is 0.416 e. The summed E-state index contributed by atoms with van der Waals surface area (Å²) >= 11 is 6.26. The zero-order valence-corrected chi connectivity index (χ0v) is 17.2. The van der Waals surface area contributed by atoms with E-state index in [-0.39, 0.29) is 32.9 Å². The van der Waals surface area contributed by atoms with Crippen molar-refractivity contribution in [2.45, 2.75) is 19.0 Å². The van der Waals surface area contributed by atoms with Crippen LogP contribution in [0.5, 0.6) is 0 Å². The van der Waals surface area contributed by atoms with Crippen LogP contribution in [0.15, 0.2) is 47.3 Å². The fourth-order valence-corrected chi connectivity index (χ4v) is 3.70. The minimum atomic E-state index is -4.61. The van der Waals surface area contributed by atoms with Crippen molar-refractivity contribution in [3.63, 3.8) is 0 Å². The summed E-state index contributed by atoms with van der Waals surface area (Å²) < 4.78 is 46.2.